The highest BCUT2D eigenvalue weighted by Crippen LogP contribution is 2.33. The minimum Gasteiger partial charge on any atom is -0.279 e. The van der Waals surface area contributed by atoms with Crippen molar-refractivity contribution in [1.29, 1.82) is 0 Å². The van der Waals surface area contributed by atoms with Crippen molar-refractivity contribution < 1.29 is 17.2 Å². The zero-order valence-electron chi connectivity index (χ0n) is 13.3. The van der Waals surface area contributed by atoms with Crippen LogP contribution in [-0.2, 0) is 10.0 Å². The quantitative estimate of drug-likeness (QED) is 0.621. The molecule has 2 aromatic carbocycles. The first-order valence-electron chi connectivity index (χ1n) is 7.30. The smallest absolute Gasteiger partial charge is 0.264 e. The van der Waals surface area contributed by atoms with Crippen LogP contribution in [0.3, 0.4) is 0 Å². The number of sulfonamides is 1. The lowest BCUT2D eigenvalue weighted by atomic mass is 10.3. The van der Waals surface area contributed by atoms with Crippen molar-refractivity contribution in [1.82, 2.24) is 4.98 Å². The van der Waals surface area contributed by atoms with E-state index in [1.165, 1.54) is 11.3 Å². The van der Waals surface area contributed by atoms with Gasteiger partial charge in [-0.1, -0.05) is 25.6 Å². The maximum atomic E-state index is 13.7. The number of nitrogens with one attached hydrogen (secondary N) is 1. The summed E-state index contributed by atoms with van der Waals surface area (Å²) in [5, 5.41) is 0.384. The molecular formula is C16H14F2N2O2S3. The standard InChI is InChI=1S/C16H14F2N2O2S3/c1-9(2)23-16-19-13-6-4-11(8-14(13)24-16)20-25(21,22)15-7-10(17)3-5-12(15)18/h3-9,20H,1-2H3. The molecule has 1 aromatic heterocycles. The van der Waals surface area contributed by atoms with Crippen LogP contribution < -0.4 is 4.72 Å². The van der Waals surface area contributed by atoms with Crippen LogP contribution in [0.4, 0.5) is 14.5 Å². The zero-order valence-corrected chi connectivity index (χ0v) is 15.7. The molecule has 0 aliphatic heterocycles. The molecule has 0 aliphatic carbocycles. The summed E-state index contributed by atoms with van der Waals surface area (Å²) >= 11 is 3.07. The van der Waals surface area contributed by atoms with Gasteiger partial charge in [-0.2, -0.15) is 0 Å². The van der Waals surface area contributed by atoms with Gasteiger partial charge < -0.3 is 0 Å². The number of hydrogen-bond acceptors (Lipinski definition) is 5. The highest BCUT2D eigenvalue weighted by atomic mass is 32.2. The fourth-order valence-corrected chi connectivity index (χ4v) is 5.58. The van der Waals surface area contributed by atoms with E-state index in [-0.39, 0.29) is 5.69 Å². The maximum Gasteiger partial charge on any atom is 0.264 e. The normalized spacial score (nSPS) is 12.0. The second-order valence-electron chi connectivity index (χ2n) is 5.51. The minimum absolute atomic E-state index is 0.265. The highest BCUT2D eigenvalue weighted by molar-refractivity contribution is 8.01. The summed E-state index contributed by atoms with van der Waals surface area (Å²) in [6, 6.07) is 7.17. The van der Waals surface area contributed by atoms with Gasteiger partial charge in [-0.05, 0) is 36.4 Å². The first-order chi connectivity index (χ1) is 11.7. The summed E-state index contributed by atoms with van der Waals surface area (Å²) in [5.41, 5.74) is 1.02. The van der Waals surface area contributed by atoms with Crippen LogP contribution in [0.2, 0.25) is 0 Å². The molecule has 132 valence electrons. The van der Waals surface area contributed by atoms with E-state index in [9.17, 15) is 17.2 Å². The molecule has 4 nitrogen and oxygen atoms in total. The molecule has 0 bridgehead atoms. The molecule has 0 saturated heterocycles. The largest absolute Gasteiger partial charge is 0.279 e. The average Bonchev–Trinajstić information content (AvgIpc) is 2.89. The summed E-state index contributed by atoms with van der Waals surface area (Å²) in [6.45, 7) is 4.12. The van der Waals surface area contributed by atoms with Crippen LogP contribution >= 0.6 is 23.1 Å². The Morgan fingerprint density at radius 1 is 1.16 bits per heavy atom. The summed E-state index contributed by atoms with van der Waals surface area (Å²) in [6.07, 6.45) is 0. The SMILES string of the molecule is CC(C)Sc1nc2ccc(NS(=O)(=O)c3cc(F)ccc3F)cc2s1. The van der Waals surface area contributed by atoms with Crippen molar-refractivity contribution in [3.05, 3.63) is 48.0 Å². The third-order valence-corrected chi connectivity index (χ3v) is 6.65. The molecule has 1 N–H and O–H groups in total. The number of anilines is 1. The molecule has 0 unspecified atom stereocenters. The van der Waals surface area contributed by atoms with Crippen molar-refractivity contribution in [3.8, 4) is 0 Å². The lowest BCUT2D eigenvalue weighted by Crippen LogP contribution is -2.14. The predicted molar refractivity (Wildman–Crippen MR) is 97.8 cm³/mol. The lowest BCUT2D eigenvalue weighted by Gasteiger charge is -2.09. The summed E-state index contributed by atoms with van der Waals surface area (Å²) in [4.78, 5) is 3.74. The summed E-state index contributed by atoms with van der Waals surface area (Å²) in [5.74, 6) is -1.83. The average molecular weight is 400 g/mol. The number of nitrogens with zero attached hydrogens (tertiary/aromatic N) is 1. The van der Waals surface area contributed by atoms with E-state index in [2.05, 4.69) is 23.6 Å². The van der Waals surface area contributed by atoms with Crippen molar-refractivity contribution in [2.45, 2.75) is 28.3 Å². The molecule has 0 atom stereocenters. The highest BCUT2D eigenvalue weighted by Gasteiger charge is 2.20. The number of thioether (sulfide) groups is 1. The van der Waals surface area contributed by atoms with Gasteiger partial charge in [-0.15, -0.1) is 11.3 Å². The Kier molecular flexibility index (Phi) is 4.99. The number of benzene rings is 2. The van der Waals surface area contributed by atoms with Gasteiger partial charge in [0, 0.05) is 5.25 Å². The Bertz CT molecular complexity index is 1030. The number of halogens is 2. The molecule has 25 heavy (non-hydrogen) atoms. The van der Waals surface area contributed by atoms with Gasteiger partial charge in [-0.3, -0.25) is 4.72 Å². The third-order valence-electron chi connectivity index (χ3n) is 3.14. The van der Waals surface area contributed by atoms with Gasteiger partial charge in [0.15, 0.2) is 4.34 Å². The Balaban J connectivity index is 1.92. The van der Waals surface area contributed by atoms with Crippen molar-refractivity contribution >= 4 is 49.0 Å². The second kappa shape index (κ2) is 6.89. The molecule has 0 spiro atoms. The Hall–Kier alpha value is -1.71. The van der Waals surface area contributed by atoms with E-state index in [0.29, 0.717) is 11.3 Å². The topological polar surface area (TPSA) is 59.1 Å². The molecular weight excluding hydrogens is 386 g/mol. The van der Waals surface area contributed by atoms with Gasteiger partial charge in [0.05, 0.1) is 15.9 Å². The molecule has 0 saturated carbocycles. The fraction of sp³-hybridized carbons (Fsp3) is 0.188. The number of hydrogen-bond donors (Lipinski definition) is 1. The van der Waals surface area contributed by atoms with Gasteiger partial charge in [0.1, 0.15) is 16.5 Å². The number of aromatic nitrogens is 1. The Morgan fingerprint density at radius 2 is 1.92 bits per heavy atom. The molecule has 1 heterocycles. The zero-order chi connectivity index (χ0) is 18.2. The van der Waals surface area contributed by atoms with Gasteiger partial charge in [0.25, 0.3) is 10.0 Å². The molecule has 0 aliphatic rings. The van der Waals surface area contributed by atoms with Gasteiger partial charge in [-0.25, -0.2) is 22.2 Å². The van der Waals surface area contributed by atoms with E-state index in [0.717, 1.165) is 26.7 Å². The van der Waals surface area contributed by atoms with Crippen LogP contribution in [0.1, 0.15) is 13.8 Å². The Morgan fingerprint density at radius 3 is 2.64 bits per heavy atom. The summed E-state index contributed by atoms with van der Waals surface area (Å²) in [7, 11) is -4.23. The molecule has 9 heteroatoms. The minimum atomic E-state index is -4.23. The van der Waals surface area contributed by atoms with Crippen LogP contribution in [0.15, 0.2) is 45.6 Å². The molecule has 0 radical (unpaired) electrons. The first-order valence-corrected chi connectivity index (χ1v) is 10.5. The monoisotopic (exact) mass is 400 g/mol. The number of thiazole rings is 1. The number of rotatable bonds is 5. The molecule has 3 rings (SSSR count). The van der Waals surface area contributed by atoms with Crippen molar-refractivity contribution in [2.24, 2.45) is 0 Å². The van der Waals surface area contributed by atoms with Crippen LogP contribution in [-0.4, -0.2) is 18.7 Å². The van der Waals surface area contributed by atoms with Crippen LogP contribution in [0.5, 0.6) is 0 Å². The van der Waals surface area contributed by atoms with E-state index < -0.39 is 26.6 Å². The fourth-order valence-electron chi connectivity index (χ4n) is 2.11. The second-order valence-corrected chi connectivity index (χ2v) is 10.0. The van der Waals surface area contributed by atoms with Crippen molar-refractivity contribution in [3.63, 3.8) is 0 Å². The van der Waals surface area contributed by atoms with Crippen LogP contribution in [0, 0.1) is 11.6 Å². The molecule has 0 fully saturated rings. The van der Waals surface area contributed by atoms with Crippen molar-refractivity contribution in [2.75, 3.05) is 4.72 Å². The van der Waals surface area contributed by atoms with Gasteiger partial charge in [0.2, 0.25) is 0 Å². The summed E-state index contributed by atoms with van der Waals surface area (Å²) < 4.78 is 55.6. The van der Waals surface area contributed by atoms with E-state index in [4.69, 9.17) is 0 Å². The molecule has 3 aromatic rings. The van der Waals surface area contributed by atoms with E-state index in [1.54, 1.807) is 30.0 Å². The van der Waals surface area contributed by atoms with Crippen LogP contribution in [0.25, 0.3) is 10.2 Å². The molecule has 0 amide bonds. The maximum absolute atomic E-state index is 13.7. The Labute approximate surface area is 152 Å². The van der Waals surface area contributed by atoms with Gasteiger partial charge >= 0.3 is 0 Å². The number of fused-ring (bicyclic) bond motifs is 1. The third kappa shape index (κ3) is 4.10. The van der Waals surface area contributed by atoms with E-state index >= 15 is 0 Å². The lowest BCUT2D eigenvalue weighted by molar-refractivity contribution is 0.555. The predicted octanol–water partition coefficient (Wildman–Crippen LogP) is 4.88. The first kappa shape index (κ1) is 18.1. The van der Waals surface area contributed by atoms with E-state index in [1.807, 2.05) is 0 Å².